The van der Waals surface area contributed by atoms with Crippen LogP contribution in [-0.4, -0.2) is 15.2 Å². The molecule has 3 nitrogen and oxygen atoms in total. The molecule has 0 fully saturated rings. The van der Waals surface area contributed by atoms with Gasteiger partial charge in [-0.05, 0) is 24.6 Å². The first-order valence-corrected chi connectivity index (χ1v) is 10.4. The molecule has 0 bridgehead atoms. The van der Waals surface area contributed by atoms with Gasteiger partial charge in [0.15, 0.2) is 0 Å². The topological polar surface area (TPSA) is 38.7 Å². The fourth-order valence-corrected chi connectivity index (χ4v) is 4.76. The van der Waals surface area contributed by atoms with Crippen LogP contribution in [0.25, 0.3) is 21.5 Å². The molecule has 4 aromatic rings. The van der Waals surface area contributed by atoms with Gasteiger partial charge in [-0.2, -0.15) is 0 Å². The van der Waals surface area contributed by atoms with E-state index in [1.54, 1.807) is 23.1 Å². The molecule has 2 aromatic heterocycles. The monoisotopic (exact) mass is 417 g/mol. The van der Waals surface area contributed by atoms with E-state index in [0.29, 0.717) is 10.0 Å². The molecule has 7 heteroatoms. The lowest BCUT2D eigenvalue weighted by Crippen LogP contribution is -1.93. The molecule has 130 valence electrons. The molecule has 0 unspecified atom stereocenters. The number of hydrogen-bond donors (Lipinski definition) is 0. The van der Waals surface area contributed by atoms with Crippen molar-refractivity contribution in [3.63, 3.8) is 0 Å². The van der Waals surface area contributed by atoms with E-state index >= 15 is 0 Å². The Morgan fingerprint density at radius 2 is 1.81 bits per heavy atom. The van der Waals surface area contributed by atoms with Gasteiger partial charge in [-0.25, -0.2) is 4.98 Å². The van der Waals surface area contributed by atoms with Crippen LogP contribution in [0.4, 0.5) is 0 Å². The predicted octanol–water partition coefficient (Wildman–Crippen LogP) is 6.66. The Labute approximate surface area is 169 Å². The van der Waals surface area contributed by atoms with Gasteiger partial charge in [-0.15, -0.1) is 21.5 Å². The largest absolute Gasteiger partial charge is 0.238 e. The highest BCUT2D eigenvalue weighted by atomic mass is 35.5. The molecule has 2 heterocycles. The summed E-state index contributed by atoms with van der Waals surface area (Å²) in [5.74, 6) is 0.724. The van der Waals surface area contributed by atoms with Gasteiger partial charge in [-0.3, -0.25) is 0 Å². The Bertz CT molecular complexity index is 1080. The summed E-state index contributed by atoms with van der Waals surface area (Å²) in [6.45, 7) is 2.01. The van der Waals surface area contributed by atoms with Crippen LogP contribution in [0.15, 0.2) is 53.6 Å². The van der Waals surface area contributed by atoms with Crippen LogP contribution in [-0.2, 0) is 5.75 Å². The van der Waals surface area contributed by atoms with Crippen molar-refractivity contribution in [2.75, 3.05) is 0 Å². The molecule has 0 spiro atoms. The third kappa shape index (κ3) is 3.58. The maximum Gasteiger partial charge on any atom is 0.146 e. The first-order chi connectivity index (χ1) is 12.6. The number of halogens is 2. The SMILES string of the molecule is Cc1nc2c(SCc3ccc(Cl)c(Cl)c3)nnc(-c3ccccc3)c2s1. The lowest BCUT2D eigenvalue weighted by atomic mass is 10.1. The first-order valence-electron chi connectivity index (χ1n) is 7.88. The molecule has 0 aliphatic heterocycles. The fourth-order valence-electron chi connectivity index (χ4n) is 2.58. The molecule has 2 aromatic carbocycles. The second-order valence-electron chi connectivity index (χ2n) is 5.67. The summed E-state index contributed by atoms with van der Waals surface area (Å²) < 4.78 is 1.07. The van der Waals surface area contributed by atoms with Gasteiger partial charge in [0.2, 0.25) is 0 Å². The van der Waals surface area contributed by atoms with Gasteiger partial charge in [0.1, 0.15) is 16.2 Å². The third-order valence-electron chi connectivity index (χ3n) is 3.80. The minimum Gasteiger partial charge on any atom is -0.238 e. The highest BCUT2D eigenvalue weighted by Crippen LogP contribution is 2.36. The van der Waals surface area contributed by atoms with Gasteiger partial charge in [0, 0.05) is 11.3 Å². The molecule has 0 radical (unpaired) electrons. The maximum atomic E-state index is 6.10. The smallest absolute Gasteiger partial charge is 0.146 e. The quantitative estimate of drug-likeness (QED) is 0.347. The molecule has 0 saturated heterocycles. The van der Waals surface area contributed by atoms with Crippen molar-refractivity contribution in [2.45, 2.75) is 17.7 Å². The fraction of sp³-hybridized carbons (Fsp3) is 0.105. The molecule has 0 amide bonds. The zero-order valence-corrected chi connectivity index (χ0v) is 16.9. The van der Waals surface area contributed by atoms with E-state index in [9.17, 15) is 0 Å². The predicted molar refractivity (Wildman–Crippen MR) is 111 cm³/mol. The summed E-state index contributed by atoms with van der Waals surface area (Å²) in [7, 11) is 0. The summed E-state index contributed by atoms with van der Waals surface area (Å²) in [5, 5.41) is 11.9. The summed E-state index contributed by atoms with van der Waals surface area (Å²) in [6.07, 6.45) is 0. The van der Waals surface area contributed by atoms with Gasteiger partial charge < -0.3 is 0 Å². The Balaban J connectivity index is 1.69. The van der Waals surface area contributed by atoms with Crippen LogP contribution in [0.2, 0.25) is 10.0 Å². The molecule has 0 aliphatic rings. The third-order valence-corrected chi connectivity index (χ3v) is 6.54. The summed E-state index contributed by atoms with van der Waals surface area (Å²) >= 11 is 15.3. The number of nitrogens with zero attached hydrogens (tertiary/aromatic N) is 3. The average molecular weight is 418 g/mol. The number of thioether (sulfide) groups is 1. The molecule has 0 N–H and O–H groups in total. The van der Waals surface area contributed by atoms with E-state index in [2.05, 4.69) is 10.2 Å². The van der Waals surface area contributed by atoms with Crippen molar-refractivity contribution < 1.29 is 0 Å². The second kappa shape index (κ2) is 7.53. The number of rotatable bonds is 4. The Kier molecular flexibility index (Phi) is 5.14. The minimum atomic E-state index is 0.560. The van der Waals surface area contributed by atoms with E-state index in [1.807, 2.05) is 55.5 Å². The number of hydrogen-bond acceptors (Lipinski definition) is 5. The van der Waals surface area contributed by atoms with Crippen molar-refractivity contribution in [2.24, 2.45) is 0 Å². The van der Waals surface area contributed by atoms with E-state index in [-0.39, 0.29) is 0 Å². The van der Waals surface area contributed by atoms with Crippen LogP contribution >= 0.6 is 46.3 Å². The van der Waals surface area contributed by atoms with Crippen LogP contribution in [0, 0.1) is 6.92 Å². The molecule has 4 rings (SSSR count). The molecular formula is C19H13Cl2N3S2. The van der Waals surface area contributed by atoms with Crippen molar-refractivity contribution in [3.8, 4) is 11.3 Å². The Morgan fingerprint density at radius 3 is 2.58 bits per heavy atom. The lowest BCUT2D eigenvalue weighted by molar-refractivity contribution is 0.955. The number of fused-ring (bicyclic) bond motifs is 1. The summed E-state index contributed by atoms with van der Waals surface area (Å²) in [4.78, 5) is 4.69. The lowest BCUT2D eigenvalue weighted by Gasteiger charge is -2.06. The van der Waals surface area contributed by atoms with Crippen molar-refractivity contribution in [1.29, 1.82) is 0 Å². The molecular weight excluding hydrogens is 405 g/mol. The van der Waals surface area contributed by atoms with Crippen molar-refractivity contribution in [3.05, 3.63) is 69.1 Å². The highest BCUT2D eigenvalue weighted by Gasteiger charge is 2.16. The van der Waals surface area contributed by atoms with Crippen LogP contribution in [0.5, 0.6) is 0 Å². The van der Waals surface area contributed by atoms with E-state index in [1.165, 1.54) is 0 Å². The first kappa shape index (κ1) is 17.7. The van der Waals surface area contributed by atoms with Gasteiger partial charge in [0.05, 0.1) is 19.8 Å². The zero-order chi connectivity index (χ0) is 18.1. The maximum absolute atomic E-state index is 6.10. The number of aryl methyl sites for hydroxylation is 1. The highest BCUT2D eigenvalue weighted by molar-refractivity contribution is 7.98. The van der Waals surface area contributed by atoms with Crippen molar-refractivity contribution in [1.82, 2.24) is 15.2 Å². The number of aromatic nitrogens is 3. The van der Waals surface area contributed by atoms with Gasteiger partial charge in [-0.1, -0.05) is 71.4 Å². The molecule has 0 atom stereocenters. The number of benzene rings is 2. The Morgan fingerprint density at radius 1 is 1.00 bits per heavy atom. The van der Waals surface area contributed by atoms with E-state index in [0.717, 1.165) is 42.8 Å². The number of thiazole rings is 1. The van der Waals surface area contributed by atoms with Crippen molar-refractivity contribution >= 4 is 56.5 Å². The summed E-state index contributed by atoms with van der Waals surface area (Å²) in [5.41, 5.74) is 3.92. The van der Waals surface area contributed by atoms with Crippen LogP contribution < -0.4 is 0 Å². The van der Waals surface area contributed by atoms with Crippen LogP contribution in [0.3, 0.4) is 0 Å². The normalized spacial score (nSPS) is 11.2. The standard InChI is InChI=1S/C19H13Cl2N3S2/c1-11-22-17-18(26-11)16(13-5-3-2-4-6-13)23-24-19(17)25-10-12-7-8-14(20)15(21)9-12/h2-9H,10H2,1H3. The van der Waals surface area contributed by atoms with E-state index < -0.39 is 0 Å². The molecule has 0 saturated carbocycles. The van der Waals surface area contributed by atoms with Gasteiger partial charge in [0.25, 0.3) is 0 Å². The van der Waals surface area contributed by atoms with Crippen LogP contribution in [0.1, 0.15) is 10.6 Å². The summed E-state index contributed by atoms with van der Waals surface area (Å²) in [6, 6.07) is 15.7. The molecule has 0 aliphatic carbocycles. The molecule has 26 heavy (non-hydrogen) atoms. The second-order valence-corrected chi connectivity index (χ2v) is 8.65. The zero-order valence-electron chi connectivity index (χ0n) is 13.7. The van der Waals surface area contributed by atoms with Gasteiger partial charge >= 0.3 is 0 Å². The Hall–Kier alpha value is -1.66. The van der Waals surface area contributed by atoms with E-state index in [4.69, 9.17) is 28.2 Å². The average Bonchev–Trinajstić information content (AvgIpc) is 3.04. The minimum absolute atomic E-state index is 0.560.